The highest BCUT2D eigenvalue weighted by Crippen LogP contribution is 2.30. The molecule has 1 aromatic heterocycles. The number of carbonyl (C=O) groups is 1. The molecule has 4 rings (SSSR count). The fourth-order valence-electron chi connectivity index (χ4n) is 4.75. The van der Waals surface area contributed by atoms with E-state index in [1.807, 2.05) is 47.8 Å². The van der Waals surface area contributed by atoms with Crippen molar-refractivity contribution >= 4 is 23.2 Å². The van der Waals surface area contributed by atoms with E-state index in [1.165, 1.54) is 5.69 Å². The molecule has 1 amide bonds. The van der Waals surface area contributed by atoms with Gasteiger partial charge in [-0.05, 0) is 56.6 Å². The number of benzene rings is 1. The number of carbonyl (C=O) groups excluding carboxylic acids is 1. The van der Waals surface area contributed by atoms with Gasteiger partial charge in [0.2, 0.25) is 0 Å². The number of halogens is 1. The minimum Gasteiger partial charge on any atom is -0.372 e. The molecule has 7 heteroatoms. The summed E-state index contributed by atoms with van der Waals surface area (Å²) in [5.41, 5.74) is 3.06. The molecule has 1 aromatic carbocycles. The van der Waals surface area contributed by atoms with Gasteiger partial charge in [-0.25, -0.2) is 0 Å². The lowest BCUT2D eigenvalue weighted by molar-refractivity contribution is 0.0461. The van der Waals surface area contributed by atoms with Gasteiger partial charge in [-0.2, -0.15) is 0 Å². The number of rotatable bonds is 7. The molecule has 1 unspecified atom stereocenters. The monoisotopic (exact) mass is 444 g/mol. The van der Waals surface area contributed by atoms with Gasteiger partial charge < -0.3 is 19.1 Å². The van der Waals surface area contributed by atoms with Crippen molar-refractivity contribution in [2.75, 3.05) is 57.3 Å². The third-order valence-corrected chi connectivity index (χ3v) is 6.69. The van der Waals surface area contributed by atoms with E-state index in [0.717, 1.165) is 74.9 Å². The van der Waals surface area contributed by atoms with Crippen molar-refractivity contribution in [2.24, 2.45) is 7.05 Å². The van der Waals surface area contributed by atoms with Gasteiger partial charge in [0.25, 0.3) is 5.91 Å². The van der Waals surface area contributed by atoms with Crippen molar-refractivity contribution in [1.29, 1.82) is 0 Å². The molecule has 31 heavy (non-hydrogen) atoms. The number of piperazine rings is 1. The van der Waals surface area contributed by atoms with E-state index in [1.54, 1.807) is 0 Å². The maximum absolute atomic E-state index is 13.1. The lowest BCUT2D eigenvalue weighted by Gasteiger charge is -2.36. The third-order valence-electron chi connectivity index (χ3n) is 6.44. The van der Waals surface area contributed by atoms with Gasteiger partial charge in [-0.1, -0.05) is 11.6 Å². The fraction of sp³-hybridized carbons (Fsp3) is 0.542. The summed E-state index contributed by atoms with van der Waals surface area (Å²) < 4.78 is 8.00. The highest BCUT2D eigenvalue weighted by molar-refractivity contribution is 6.30. The minimum atomic E-state index is -0.00473. The summed E-state index contributed by atoms with van der Waals surface area (Å²) in [6.45, 7) is 9.38. The molecule has 2 aliphatic rings. The van der Waals surface area contributed by atoms with E-state index in [2.05, 4.69) is 21.9 Å². The van der Waals surface area contributed by atoms with Crippen LogP contribution in [0.1, 0.15) is 41.9 Å². The van der Waals surface area contributed by atoms with E-state index in [-0.39, 0.29) is 12.0 Å². The Morgan fingerprint density at radius 1 is 1.03 bits per heavy atom. The van der Waals surface area contributed by atoms with Crippen LogP contribution in [-0.4, -0.2) is 72.7 Å². The number of ether oxygens (including phenoxy) is 1. The van der Waals surface area contributed by atoms with Crippen LogP contribution in [0.25, 0.3) is 0 Å². The number of anilines is 1. The maximum Gasteiger partial charge on any atom is 0.255 e. The normalized spacial score (nSPS) is 20.1. The number of fused-ring (bicyclic) bond motifs is 1. The van der Waals surface area contributed by atoms with E-state index >= 15 is 0 Å². The Morgan fingerprint density at radius 3 is 2.48 bits per heavy atom. The number of aryl methyl sites for hydroxylation is 1. The van der Waals surface area contributed by atoms with Crippen LogP contribution >= 0.6 is 11.6 Å². The van der Waals surface area contributed by atoms with Crippen molar-refractivity contribution < 1.29 is 9.53 Å². The average molecular weight is 445 g/mol. The first-order valence-electron chi connectivity index (χ1n) is 11.4. The quantitative estimate of drug-likeness (QED) is 0.651. The summed E-state index contributed by atoms with van der Waals surface area (Å²) in [7, 11) is 2.00. The summed E-state index contributed by atoms with van der Waals surface area (Å²) in [5.74, 6) is 0.144. The predicted octanol–water partition coefficient (Wildman–Crippen LogP) is 3.81. The second-order valence-corrected chi connectivity index (χ2v) is 8.85. The molecule has 0 spiro atoms. The number of hydrogen-bond donors (Lipinski definition) is 0. The van der Waals surface area contributed by atoms with Crippen molar-refractivity contribution in [3.05, 3.63) is 52.8 Å². The van der Waals surface area contributed by atoms with Crippen molar-refractivity contribution in [2.45, 2.75) is 25.9 Å². The zero-order valence-electron chi connectivity index (χ0n) is 18.6. The van der Waals surface area contributed by atoms with Crippen LogP contribution in [0.5, 0.6) is 0 Å². The standard InChI is InChI=1S/C24H33ClN4O2/c1-3-31-22-10-14-29(24(30)21-9-13-26(2)23(21)22)12-4-11-27-15-17-28(18-16-27)20-7-5-19(25)6-8-20/h5-9,13,22H,3-4,10-12,14-18H2,1-2H3. The van der Waals surface area contributed by atoms with E-state index in [4.69, 9.17) is 16.3 Å². The van der Waals surface area contributed by atoms with E-state index in [9.17, 15) is 4.79 Å². The van der Waals surface area contributed by atoms with Gasteiger partial charge in [0.05, 0.1) is 17.4 Å². The van der Waals surface area contributed by atoms with Gasteiger partial charge in [0.1, 0.15) is 0 Å². The Bertz CT molecular complexity index is 874. The third kappa shape index (κ3) is 5.08. The van der Waals surface area contributed by atoms with Crippen LogP contribution < -0.4 is 4.90 Å². The first-order chi connectivity index (χ1) is 15.1. The molecule has 1 saturated heterocycles. The van der Waals surface area contributed by atoms with Crippen LogP contribution in [0.4, 0.5) is 5.69 Å². The molecule has 1 atom stereocenters. The largest absolute Gasteiger partial charge is 0.372 e. The molecule has 2 aliphatic heterocycles. The molecule has 0 saturated carbocycles. The summed E-state index contributed by atoms with van der Waals surface area (Å²) in [4.78, 5) is 20.1. The fourth-order valence-corrected chi connectivity index (χ4v) is 4.87. The summed E-state index contributed by atoms with van der Waals surface area (Å²) >= 11 is 6.01. The minimum absolute atomic E-state index is 0.00473. The van der Waals surface area contributed by atoms with Gasteiger partial charge in [-0.3, -0.25) is 9.69 Å². The highest BCUT2D eigenvalue weighted by Gasteiger charge is 2.30. The smallest absolute Gasteiger partial charge is 0.255 e. The molecule has 6 nitrogen and oxygen atoms in total. The molecule has 3 heterocycles. The number of hydrogen-bond acceptors (Lipinski definition) is 4. The van der Waals surface area contributed by atoms with Crippen LogP contribution in [-0.2, 0) is 11.8 Å². The number of nitrogens with zero attached hydrogens (tertiary/aromatic N) is 4. The Labute approximate surface area is 190 Å². The number of aromatic nitrogens is 1. The molecular formula is C24H33ClN4O2. The van der Waals surface area contributed by atoms with E-state index < -0.39 is 0 Å². The second kappa shape index (κ2) is 10.1. The molecule has 0 N–H and O–H groups in total. The SMILES string of the molecule is CCOC1CCN(CCCN2CCN(c3ccc(Cl)cc3)CC2)C(=O)c2ccn(C)c21. The Morgan fingerprint density at radius 2 is 1.77 bits per heavy atom. The van der Waals surface area contributed by atoms with Crippen LogP contribution in [0, 0.1) is 0 Å². The average Bonchev–Trinajstić information content (AvgIpc) is 3.11. The van der Waals surface area contributed by atoms with Crippen molar-refractivity contribution in [3.63, 3.8) is 0 Å². The van der Waals surface area contributed by atoms with Crippen LogP contribution in [0.2, 0.25) is 5.02 Å². The summed E-state index contributed by atoms with van der Waals surface area (Å²) in [5, 5.41) is 0.778. The zero-order valence-corrected chi connectivity index (χ0v) is 19.4. The Balaban J connectivity index is 1.27. The van der Waals surface area contributed by atoms with Gasteiger partial charge in [0, 0.05) is 69.8 Å². The summed E-state index contributed by atoms with van der Waals surface area (Å²) in [6.07, 6.45) is 3.81. The maximum atomic E-state index is 13.1. The first kappa shape index (κ1) is 22.2. The van der Waals surface area contributed by atoms with Gasteiger partial charge in [0.15, 0.2) is 0 Å². The molecule has 0 radical (unpaired) electrons. The molecule has 168 valence electrons. The topological polar surface area (TPSA) is 41.0 Å². The predicted molar refractivity (Wildman–Crippen MR) is 125 cm³/mol. The lowest BCUT2D eigenvalue weighted by Crippen LogP contribution is -2.47. The molecular weight excluding hydrogens is 412 g/mol. The number of amides is 1. The Kier molecular flexibility index (Phi) is 7.20. The zero-order chi connectivity index (χ0) is 21.8. The molecule has 0 bridgehead atoms. The lowest BCUT2D eigenvalue weighted by atomic mass is 10.1. The van der Waals surface area contributed by atoms with Crippen molar-refractivity contribution in [3.8, 4) is 0 Å². The first-order valence-corrected chi connectivity index (χ1v) is 11.7. The van der Waals surface area contributed by atoms with Gasteiger partial charge >= 0.3 is 0 Å². The molecule has 0 aliphatic carbocycles. The van der Waals surface area contributed by atoms with E-state index in [0.29, 0.717) is 6.61 Å². The summed E-state index contributed by atoms with van der Waals surface area (Å²) in [6, 6.07) is 10.0. The van der Waals surface area contributed by atoms with Gasteiger partial charge in [-0.15, -0.1) is 0 Å². The van der Waals surface area contributed by atoms with Crippen molar-refractivity contribution in [1.82, 2.24) is 14.4 Å². The van der Waals surface area contributed by atoms with Crippen LogP contribution in [0.3, 0.4) is 0 Å². The second-order valence-electron chi connectivity index (χ2n) is 8.41. The Hall–Kier alpha value is -2.02. The highest BCUT2D eigenvalue weighted by atomic mass is 35.5. The molecule has 2 aromatic rings. The molecule has 1 fully saturated rings. The van der Waals surface area contributed by atoms with Crippen LogP contribution in [0.15, 0.2) is 36.5 Å².